The molecule has 4 heteroatoms. The normalized spacial score (nSPS) is 11.7. The lowest BCUT2D eigenvalue weighted by Crippen LogP contribution is -2.55. The summed E-state index contributed by atoms with van der Waals surface area (Å²) in [6.07, 6.45) is 0. The summed E-state index contributed by atoms with van der Waals surface area (Å²) in [6, 6.07) is 72.2. The van der Waals surface area contributed by atoms with E-state index in [2.05, 4.69) is 156 Å². The fourth-order valence-electron chi connectivity index (χ4n) is 11.4. The van der Waals surface area contributed by atoms with Gasteiger partial charge in [-0.2, -0.15) is 0 Å². The van der Waals surface area contributed by atoms with Crippen LogP contribution in [0.3, 0.4) is 0 Å². The molecule has 1 aliphatic rings. The van der Waals surface area contributed by atoms with Gasteiger partial charge in [-0.25, -0.2) is 4.39 Å². The smallest absolute Gasteiger partial charge is 0.243 e. The second kappa shape index (κ2) is 16.8. The van der Waals surface area contributed by atoms with Gasteiger partial charge in [0.1, 0.15) is 17.3 Å². The van der Waals surface area contributed by atoms with Gasteiger partial charge in [0.2, 0.25) is 6.71 Å². The van der Waals surface area contributed by atoms with Crippen molar-refractivity contribution in [1.82, 2.24) is 0 Å². The average molecular weight is 890 g/mol. The first kappa shape index (κ1) is 42.2. The molecule has 0 unspecified atom stereocenters. The molecule has 0 saturated heterocycles. The van der Waals surface area contributed by atoms with Crippen LogP contribution in [0.1, 0.15) is 27.8 Å². The quantitative estimate of drug-likeness (QED) is 0.111. The number of aryl methyl sites for hydroxylation is 5. The van der Waals surface area contributed by atoms with Crippen LogP contribution in [0.2, 0.25) is 0 Å². The van der Waals surface area contributed by atoms with Crippen LogP contribution >= 0.6 is 0 Å². The highest BCUT2D eigenvalue weighted by atomic mass is 19.1. The van der Waals surface area contributed by atoms with Crippen LogP contribution in [0.25, 0.3) is 65.7 Å². The minimum atomic E-state index is -0.321. The zero-order chi connectivity index (χ0) is 46.9. The van der Waals surface area contributed by atoms with Gasteiger partial charge in [-0.15, -0.1) is 0 Å². The first-order valence-electron chi connectivity index (χ1n) is 23.9. The average Bonchev–Trinajstić information content (AvgIpc) is 3.36. The Morgan fingerprint density at radius 3 is 1.75 bits per heavy atom. The molecule has 0 saturated carbocycles. The Morgan fingerprint density at radius 2 is 1.03 bits per heavy atom. The number of anilines is 3. The Balaban J connectivity index is 1.07. The van der Waals surface area contributed by atoms with Gasteiger partial charge < -0.3 is 9.64 Å². The zero-order valence-electron chi connectivity index (χ0n) is 39.4. The number of hydrogen-bond acceptors (Lipinski definition) is 2. The maximum Gasteiger partial charge on any atom is 0.243 e. The van der Waals surface area contributed by atoms with Crippen LogP contribution in [0.5, 0.6) is 11.5 Å². The molecular weight excluding hydrogens is 841 g/mol. The second-order valence-electron chi connectivity index (χ2n) is 18.9. The number of rotatable bonds is 8. The molecule has 69 heavy (non-hydrogen) atoms. The van der Waals surface area contributed by atoms with Crippen LogP contribution in [-0.2, 0) is 0 Å². The molecule has 0 aliphatic carbocycles. The largest absolute Gasteiger partial charge is 0.456 e. The molecule has 2 nitrogen and oxygen atoms in total. The molecule has 1 heterocycles. The van der Waals surface area contributed by atoms with Crippen LogP contribution in [0, 0.1) is 40.4 Å². The van der Waals surface area contributed by atoms with Gasteiger partial charge in [0, 0.05) is 28.3 Å². The third-order valence-corrected chi connectivity index (χ3v) is 14.3. The van der Waals surface area contributed by atoms with E-state index in [0.717, 1.165) is 67.0 Å². The van der Waals surface area contributed by atoms with Crippen LogP contribution < -0.4 is 26.0 Å². The first-order chi connectivity index (χ1) is 33.7. The van der Waals surface area contributed by atoms with Crippen molar-refractivity contribution in [3.8, 4) is 44.9 Å². The highest BCUT2D eigenvalue weighted by Gasteiger charge is 2.31. The predicted octanol–water partition coefficient (Wildman–Crippen LogP) is 15.9. The molecule has 11 aromatic rings. The number of nitrogens with zero attached hydrogens (tertiary/aromatic N) is 1. The standard InChI is InChI=1S/C65H49BFNO/c1-40-28-31-58(42(3)32-40)66(64-43(4)33-41(2)34-44(64)5)59-39-56-53-26-17-27-61-63(53)57(38-55(56)50-24-15-16-25-51(50)59)52-30-29-49(37-62(52)69-61)68(48-22-13-8-14-23-48)65-54(46-20-11-7-12-21-46)35-47(36-60(65)67)45-18-9-6-10-19-45/h6-39H,1-5H3. The summed E-state index contributed by atoms with van der Waals surface area (Å²) in [7, 11) is 0. The molecule has 0 atom stereocenters. The van der Waals surface area contributed by atoms with Gasteiger partial charge in [-0.3, -0.25) is 0 Å². The SMILES string of the molecule is Cc1ccc(B(c2c(C)cc(C)cc2C)c2cc3c4cccc5c4c(cc3c3ccccc23)-c2ccc(N(c3ccccc3)c3c(F)cc(-c4ccccc4)cc3-c3ccccc3)cc2O5)c(C)c1. The van der Waals surface area contributed by atoms with Crippen LogP contribution in [0.4, 0.5) is 21.5 Å². The van der Waals surface area contributed by atoms with E-state index in [9.17, 15) is 0 Å². The molecule has 0 amide bonds. The van der Waals surface area contributed by atoms with E-state index in [1.54, 1.807) is 6.07 Å². The van der Waals surface area contributed by atoms with Crippen molar-refractivity contribution in [1.29, 1.82) is 0 Å². The number of ether oxygens (including phenoxy) is 1. The zero-order valence-corrected chi connectivity index (χ0v) is 39.4. The van der Waals surface area contributed by atoms with Crippen molar-refractivity contribution in [2.24, 2.45) is 0 Å². The molecule has 0 aromatic heterocycles. The lowest BCUT2D eigenvalue weighted by molar-refractivity contribution is 0.487. The fraction of sp³-hybridized carbons (Fsp3) is 0.0769. The Hall–Kier alpha value is -8.21. The number of hydrogen-bond donors (Lipinski definition) is 0. The summed E-state index contributed by atoms with van der Waals surface area (Å²) in [4.78, 5) is 2.03. The Kier molecular flexibility index (Phi) is 10.3. The second-order valence-corrected chi connectivity index (χ2v) is 18.9. The number of benzene rings is 11. The van der Waals surface area contributed by atoms with Crippen molar-refractivity contribution in [3.05, 3.63) is 240 Å². The van der Waals surface area contributed by atoms with Gasteiger partial charge in [-0.1, -0.05) is 196 Å². The Bertz CT molecular complexity index is 3810. The van der Waals surface area contributed by atoms with Crippen LogP contribution in [0.15, 0.2) is 206 Å². The third kappa shape index (κ3) is 7.18. The molecule has 11 aromatic carbocycles. The summed E-state index contributed by atoms with van der Waals surface area (Å²) in [5, 5.41) is 7.09. The summed E-state index contributed by atoms with van der Waals surface area (Å²) < 4.78 is 24.4. The summed E-state index contributed by atoms with van der Waals surface area (Å²) in [5.74, 6) is 1.20. The summed E-state index contributed by atoms with van der Waals surface area (Å²) in [6.45, 7) is 11.2. The summed E-state index contributed by atoms with van der Waals surface area (Å²) in [5.41, 5.74) is 18.1. The lowest BCUT2D eigenvalue weighted by Gasteiger charge is -2.30. The molecule has 0 bridgehead atoms. The predicted molar refractivity (Wildman–Crippen MR) is 291 cm³/mol. The highest BCUT2D eigenvalue weighted by molar-refractivity contribution is 6.97. The van der Waals surface area contributed by atoms with E-state index in [-0.39, 0.29) is 12.5 Å². The van der Waals surface area contributed by atoms with Gasteiger partial charge in [-0.05, 0) is 132 Å². The van der Waals surface area contributed by atoms with E-state index < -0.39 is 0 Å². The van der Waals surface area contributed by atoms with Crippen molar-refractivity contribution in [2.75, 3.05) is 4.90 Å². The van der Waals surface area contributed by atoms with E-state index in [1.165, 1.54) is 65.8 Å². The Morgan fingerprint density at radius 1 is 0.391 bits per heavy atom. The van der Waals surface area contributed by atoms with Crippen molar-refractivity contribution >= 4 is 72.5 Å². The minimum absolute atomic E-state index is 0.0102. The van der Waals surface area contributed by atoms with E-state index >= 15 is 4.39 Å². The monoisotopic (exact) mass is 889 g/mol. The van der Waals surface area contributed by atoms with E-state index in [1.807, 2.05) is 83.8 Å². The highest BCUT2D eigenvalue weighted by Crippen LogP contribution is 2.52. The Labute approximate surface area is 404 Å². The molecule has 0 N–H and O–H groups in total. The molecular formula is C65H49BFNO. The van der Waals surface area contributed by atoms with Gasteiger partial charge in [0.15, 0.2) is 0 Å². The molecule has 12 rings (SSSR count). The molecule has 0 fully saturated rings. The maximum atomic E-state index is 17.4. The first-order valence-corrected chi connectivity index (χ1v) is 23.9. The van der Waals surface area contributed by atoms with Crippen molar-refractivity contribution in [2.45, 2.75) is 34.6 Å². The van der Waals surface area contributed by atoms with Gasteiger partial charge >= 0.3 is 0 Å². The van der Waals surface area contributed by atoms with Gasteiger partial charge in [0.05, 0.1) is 11.4 Å². The molecule has 0 spiro atoms. The molecule has 330 valence electrons. The molecule has 1 aliphatic heterocycles. The number of para-hydroxylation sites is 1. The lowest BCUT2D eigenvalue weighted by atomic mass is 9.34. The minimum Gasteiger partial charge on any atom is -0.456 e. The van der Waals surface area contributed by atoms with E-state index in [4.69, 9.17) is 4.74 Å². The summed E-state index contributed by atoms with van der Waals surface area (Å²) >= 11 is 0. The number of halogens is 1. The fourth-order valence-corrected chi connectivity index (χ4v) is 11.4. The van der Waals surface area contributed by atoms with E-state index in [0.29, 0.717) is 5.69 Å². The molecule has 0 radical (unpaired) electrons. The maximum absolute atomic E-state index is 17.4. The third-order valence-electron chi connectivity index (χ3n) is 14.3. The topological polar surface area (TPSA) is 12.5 Å². The van der Waals surface area contributed by atoms with Crippen molar-refractivity contribution < 1.29 is 9.13 Å². The van der Waals surface area contributed by atoms with Gasteiger partial charge in [0.25, 0.3) is 0 Å². The van der Waals surface area contributed by atoms with Crippen LogP contribution in [-0.4, -0.2) is 6.71 Å². The van der Waals surface area contributed by atoms with Crippen molar-refractivity contribution in [3.63, 3.8) is 0 Å². The number of fused-ring (bicyclic) bond motifs is 6.